The molecule has 2 amide bonds. The molecule has 0 bridgehead atoms. The van der Waals surface area contributed by atoms with Gasteiger partial charge in [-0.05, 0) is 30.5 Å². The summed E-state index contributed by atoms with van der Waals surface area (Å²) < 4.78 is 0. The number of carbonyl (C=O) groups excluding carboxylic acids is 1. The summed E-state index contributed by atoms with van der Waals surface area (Å²) in [7, 11) is 0. The van der Waals surface area contributed by atoms with Crippen molar-refractivity contribution in [1.29, 1.82) is 0 Å². The number of amides is 2. The molecule has 1 atom stereocenters. The molecule has 6 heteroatoms. The fourth-order valence-electron chi connectivity index (χ4n) is 3.28. The maximum Gasteiger partial charge on any atom is 0.317 e. The topological polar surface area (TPSA) is 55.8 Å². The second kappa shape index (κ2) is 6.86. The minimum atomic E-state index is -0.496. The third-order valence-electron chi connectivity index (χ3n) is 4.57. The molecule has 5 nitrogen and oxygen atoms in total. The average Bonchev–Trinajstić information content (AvgIpc) is 2.95. The quantitative estimate of drug-likeness (QED) is 0.889. The van der Waals surface area contributed by atoms with Crippen LogP contribution in [0.4, 0.5) is 4.79 Å². The number of benzene rings is 1. The van der Waals surface area contributed by atoms with E-state index in [9.17, 15) is 9.90 Å². The summed E-state index contributed by atoms with van der Waals surface area (Å²) in [6, 6.07) is 7.75. The second-order valence-corrected chi connectivity index (χ2v) is 6.46. The third-order valence-corrected chi connectivity index (χ3v) is 4.83. The van der Waals surface area contributed by atoms with Gasteiger partial charge in [0.25, 0.3) is 0 Å². The van der Waals surface area contributed by atoms with Crippen LogP contribution in [0.5, 0.6) is 0 Å². The molecule has 2 aliphatic heterocycles. The molecule has 2 aliphatic rings. The van der Waals surface area contributed by atoms with Crippen LogP contribution in [-0.4, -0.2) is 59.7 Å². The van der Waals surface area contributed by atoms with Crippen LogP contribution in [0.15, 0.2) is 24.3 Å². The highest BCUT2D eigenvalue weighted by atomic mass is 35.5. The number of nitrogens with one attached hydrogen (secondary N) is 1. The Bertz CT molecular complexity index is 515. The zero-order valence-electron chi connectivity index (χ0n) is 12.5. The molecule has 0 saturated carbocycles. The molecule has 2 saturated heterocycles. The molecule has 0 aromatic heterocycles. The van der Waals surface area contributed by atoms with Crippen molar-refractivity contribution in [3.63, 3.8) is 0 Å². The van der Waals surface area contributed by atoms with E-state index in [0.29, 0.717) is 17.6 Å². The number of aliphatic hydroxyl groups excluding tert-OH is 1. The molecule has 3 rings (SSSR count). The van der Waals surface area contributed by atoms with Gasteiger partial charge in [-0.25, -0.2) is 4.79 Å². The average molecular weight is 324 g/mol. The number of β-amino-alcohol motifs (C(OH)–C–C–N with tert-alkyl or cyclic N) is 1. The number of likely N-dealkylation sites (tertiary alicyclic amines) is 1. The maximum atomic E-state index is 11.7. The molecule has 1 unspecified atom stereocenters. The summed E-state index contributed by atoms with van der Waals surface area (Å²) >= 11 is 5.87. The second-order valence-electron chi connectivity index (χ2n) is 6.02. The molecule has 0 spiro atoms. The van der Waals surface area contributed by atoms with E-state index in [1.165, 1.54) is 0 Å². The van der Waals surface area contributed by atoms with Crippen LogP contribution in [0.3, 0.4) is 0 Å². The van der Waals surface area contributed by atoms with Gasteiger partial charge in [0.15, 0.2) is 0 Å². The zero-order valence-corrected chi connectivity index (χ0v) is 13.3. The van der Waals surface area contributed by atoms with Gasteiger partial charge >= 0.3 is 6.03 Å². The number of hydrogen-bond donors (Lipinski definition) is 2. The number of carbonyl (C=O) groups is 1. The van der Waals surface area contributed by atoms with E-state index < -0.39 is 6.10 Å². The van der Waals surface area contributed by atoms with Crippen molar-refractivity contribution < 1.29 is 9.90 Å². The number of nitrogens with zero attached hydrogens (tertiary/aromatic N) is 2. The first-order valence-corrected chi connectivity index (χ1v) is 8.21. The van der Waals surface area contributed by atoms with Crippen LogP contribution in [0.1, 0.15) is 24.5 Å². The maximum absolute atomic E-state index is 11.7. The molecule has 0 aliphatic carbocycles. The largest absolute Gasteiger partial charge is 0.387 e. The number of aliphatic hydroxyl groups is 1. The summed E-state index contributed by atoms with van der Waals surface area (Å²) in [6.45, 7) is 4.03. The lowest BCUT2D eigenvalue weighted by atomic mass is 10.0. The molecule has 120 valence electrons. The van der Waals surface area contributed by atoms with Crippen molar-refractivity contribution in [2.75, 3.05) is 32.7 Å². The van der Waals surface area contributed by atoms with Crippen molar-refractivity contribution >= 4 is 17.6 Å². The lowest BCUT2D eigenvalue weighted by Gasteiger charge is -2.36. The molecule has 2 N–H and O–H groups in total. The Morgan fingerprint density at radius 1 is 1.23 bits per heavy atom. The van der Waals surface area contributed by atoms with E-state index in [4.69, 9.17) is 11.6 Å². The summed E-state index contributed by atoms with van der Waals surface area (Å²) in [6.07, 6.45) is 1.45. The summed E-state index contributed by atoms with van der Waals surface area (Å²) in [5.41, 5.74) is 0.894. The predicted octanol–water partition coefficient (Wildman–Crippen LogP) is 1.86. The van der Waals surface area contributed by atoms with Crippen LogP contribution >= 0.6 is 11.6 Å². The number of urea groups is 1. The molecule has 2 heterocycles. The minimum Gasteiger partial charge on any atom is -0.387 e. The number of rotatable bonds is 4. The zero-order chi connectivity index (χ0) is 15.5. The summed E-state index contributed by atoms with van der Waals surface area (Å²) in [5.74, 6) is 0. The number of hydrogen-bond acceptors (Lipinski definition) is 3. The molecule has 0 radical (unpaired) electrons. The van der Waals surface area contributed by atoms with E-state index >= 15 is 0 Å². The third kappa shape index (κ3) is 3.54. The molecule has 2 fully saturated rings. The Kier molecular flexibility index (Phi) is 4.86. The van der Waals surface area contributed by atoms with Gasteiger partial charge in [0.2, 0.25) is 0 Å². The lowest BCUT2D eigenvalue weighted by molar-refractivity contribution is 0.0796. The van der Waals surface area contributed by atoms with E-state index in [1.807, 2.05) is 17.0 Å². The molecular weight excluding hydrogens is 302 g/mol. The Morgan fingerprint density at radius 2 is 1.91 bits per heavy atom. The van der Waals surface area contributed by atoms with Crippen LogP contribution in [-0.2, 0) is 0 Å². The van der Waals surface area contributed by atoms with Gasteiger partial charge in [0, 0.05) is 43.8 Å². The van der Waals surface area contributed by atoms with Gasteiger partial charge in [-0.2, -0.15) is 0 Å². The molecule has 1 aromatic rings. The van der Waals surface area contributed by atoms with Crippen LogP contribution in [0.2, 0.25) is 5.02 Å². The van der Waals surface area contributed by atoms with Gasteiger partial charge in [-0.3, -0.25) is 0 Å². The van der Waals surface area contributed by atoms with E-state index in [-0.39, 0.29) is 6.03 Å². The van der Waals surface area contributed by atoms with E-state index in [2.05, 4.69) is 10.2 Å². The standard InChI is InChI=1S/C16H22ClN3O2/c17-13-3-1-12(2-4-13)15(21)11-19-8-5-14(6-9-19)20-10-7-18-16(20)22/h1-4,14-15,21H,5-11H2,(H,18,22). The Balaban J connectivity index is 1.49. The summed E-state index contributed by atoms with van der Waals surface area (Å²) in [4.78, 5) is 15.9. The van der Waals surface area contributed by atoms with Crippen molar-refractivity contribution in [3.05, 3.63) is 34.9 Å². The Hall–Kier alpha value is -1.30. The highest BCUT2D eigenvalue weighted by molar-refractivity contribution is 6.30. The smallest absolute Gasteiger partial charge is 0.317 e. The normalized spacial score (nSPS) is 21.9. The SMILES string of the molecule is O=C1NCCN1C1CCN(CC(O)c2ccc(Cl)cc2)CC1. The highest BCUT2D eigenvalue weighted by Gasteiger charge is 2.31. The van der Waals surface area contributed by atoms with Gasteiger partial charge in [0.1, 0.15) is 0 Å². The summed E-state index contributed by atoms with van der Waals surface area (Å²) in [5, 5.41) is 13.9. The Labute approximate surface area is 135 Å². The molecule has 22 heavy (non-hydrogen) atoms. The van der Waals surface area contributed by atoms with E-state index in [0.717, 1.165) is 44.6 Å². The first-order chi connectivity index (χ1) is 10.6. The van der Waals surface area contributed by atoms with Gasteiger partial charge in [-0.1, -0.05) is 23.7 Å². The fourth-order valence-corrected chi connectivity index (χ4v) is 3.41. The van der Waals surface area contributed by atoms with Gasteiger partial charge < -0.3 is 20.2 Å². The Morgan fingerprint density at radius 3 is 2.50 bits per heavy atom. The van der Waals surface area contributed by atoms with E-state index in [1.54, 1.807) is 12.1 Å². The van der Waals surface area contributed by atoms with Crippen molar-refractivity contribution in [2.24, 2.45) is 0 Å². The minimum absolute atomic E-state index is 0.0691. The predicted molar refractivity (Wildman–Crippen MR) is 86.0 cm³/mol. The van der Waals surface area contributed by atoms with Gasteiger partial charge in [0.05, 0.1) is 6.10 Å². The number of halogens is 1. The van der Waals surface area contributed by atoms with Gasteiger partial charge in [-0.15, -0.1) is 0 Å². The van der Waals surface area contributed by atoms with Crippen molar-refractivity contribution in [3.8, 4) is 0 Å². The molecule has 1 aromatic carbocycles. The van der Waals surface area contributed by atoms with Crippen LogP contribution < -0.4 is 5.32 Å². The fraction of sp³-hybridized carbons (Fsp3) is 0.562. The number of piperidine rings is 1. The monoisotopic (exact) mass is 323 g/mol. The van der Waals surface area contributed by atoms with Crippen molar-refractivity contribution in [1.82, 2.24) is 15.1 Å². The first-order valence-electron chi connectivity index (χ1n) is 7.84. The highest BCUT2D eigenvalue weighted by Crippen LogP contribution is 2.22. The first kappa shape index (κ1) is 15.6. The molecular formula is C16H22ClN3O2. The van der Waals surface area contributed by atoms with Crippen LogP contribution in [0.25, 0.3) is 0 Å². The van der Waals surface area contributed by atoms with Crippen LogP contribution in [0, 0.1) is 0 Å². The van der Waals surface area contributed by atoms with Crippen molar-refractivity contribution in [2.45, 2.75) is 25.0 Å². The lowest BCUT2D eigenvalue weighted by Crippen LogP contribution is -2.46.